The van der Waals surface area contributed by atoms with Crippen LogP contribution in [-0.4, -0.2) is 49.1 Å². The average Bonchev–Trinajstić information content (AvgIpc) is 2.36. The van der Waals surface area contributed by atoms with E-state index < -0.39 is 0 Å². The molecule has 2 unspecified atom stereocenters. The summed E-state index contributed by atoms with van der Waals surface area (Å²) in [4.78, 5) is 14.2. The van der Waals surface area contributed by atoms with Crippen molar-refractivity contribution in [1.82, 2.24) is 15.5 Å². The second-order valence-electron chi connectivity index (χ2n) is 5.31. The Hall–Kier alpha value is -0.610. The van der Waals surface area contributed by atoms with Gasteiger partial charge in [-0.25, -0.2) is 0 Å². The van der Waals surface area contributed by atoms with Crippen LogP contribution in [0.25, 0.3) is 0 Å². The van der Waals surface area contributed by atoms with E-state index in [9.17, 15) is 4.79 Å². The minimum absolute atomic E-state index is 0.189. The Labute approximate surface area is 111 Å². The number of likely N-dealkylation sites (N-methyl/N-ethyl adjacent to an activating group) is 1. The highest BCUT2D eigenvalue weighted by atomic mass is 16.1. The highest BCUT2D eigenvalue weighted by Crippen LogP contribution is 2.09. The summed E-state index contributed by atoms with van der Waals surface area (Å²) in [6.45, 7) is 10.5. The minimum Gasteiger partial charge on any atom is -0.352 e. The van der Waals surface area contributed by atoms with Crippen LogP contribution in [0.15, 0.2) is 0 Å². The summed E-state index contributed by atoms with van der Waals surface area (Å²) in [5, 5.41) is 6.52. The third-order valence-corrected chi connectivity index (χ3v) is 3.68. The van der Waals surface area contributed by atoms with E-state index in [-0.39, 0.29) is 11.9 Å². The lowest BCUT2D eigenvalue weighted by molar-refractivity contribution is -0.122. The molecule has 0 aromatic heterocycles. The molecule has 1 rings (SSSR count). The predicted molar refractivity (Wildman–Crippen MR) is 75.7 cm³/mol. The number of amides is 1. The van der Waals surface area contributed by atoms with Gasteiger partial charge < -0.3 is 15.5 Å². The topological polar surface area (TPSA) is 44.4 Å². The van der Waals surface area contributed by atoms with E-state index in [1.54, 1.807) is 0 Å². The van der Waals surface area contributed by atoms with Gasteiger partial charge >= 0.3 is 0 Å². The third-order valence-electron chi connectivity index (χ3n) is 3.68. The van der Waals surface area contributed by atoms with Gasteiger partial charge in [-0.3, -0.25) is 4.79 Å². The summed E-state index contributed by atoms with van der Waals surface area (Å²) < 4.78 is 0. The van der Waals surface area contributed by atoms with Gasteiger partial charge in [0, 0.05) is 25.0 Å². The zero-order valence-electron chi connectivity index (χ0n) is 12.2. The minimum atomic E-state index is 0.189. The molecule has 2 atom stereocenters. The maximum Gasteiger partial charge on any atom is 0.221 e. The standard InChI is InChI=1S/C14H29N3O/c1-4-17(5-2)11-12(3)16-14(18)10-13-8-6-7-9-15-13/h12-13,15H,4-11H2,1-3H3,(H,16,18). The number of hydrogen-bond acceptors (Lipinski definition) is 3. The van der Waals surface area contributed by atoms with Gasteiger partial charge in [-0.1, -0.05) is 20.3 Å². The molecule has 0 radical (unpaired) electrons. The molecule has 106 valence electrons. The van der Waals surface area contributed by atoms with Gasteiger partial charge in [0.1, 0.15) is 0 Å². The Morgan fingerprint density at radius 2 is 2.11 bits per heavy atom. The van der Waals surface area contributed by atoms with Crippen LogP contribution < -0.4 is 10.6 Å². The summed E-state index contributed by atoms with van der Waals surface area (Å²) in [6, 6.07) is 0.625. The van der Waals surface area contributed by atoms with Crippen LogP contribution in [0.2, 0.25) is 0 Å². The zero-order valence-corrected chi connectivity index (χ0v) is 12.2. The molecule has 0 bridgehead atoms. The number of nitrogens with one attached hydrogen (secondary N) is 2. The Bertz CT molecular complexity index is 235. The Balaban J connectivity index is 2.21. The molecule has 0 aliphatic carbocycles. The molecule has 1 heterocycles. The molecule has 1 saturated heterocycles. The maximum absolute atomic E-state index is 11.9. The maximum atomic E-state index is 11.9. The number of carbonyl (C=O) groups excluding carboxylic acids is 1. The molecule has 1 fully saturated rings. The first-order chi connectivity index (χ1) is 8.65. The molecule has 4 nitrogen and oxygen atoms in total. The third kappa shape index (κ3) is 5.83. The van der Waals surface area contributed by atoms with Crippen LogP contribution in [0, 0.1) is 0 Å². The highest BCUT2D eigenvalue weighted by Gasteiger charge is 2.17. The Morgan fingerprint density at radius 1 is 1.39 bits per heavy atom. The number of carbonyl (C=O) groups is 1. The molecular weight excluding hydrogens is 226 g/mol. The number of nitrogens with zero attached hydrogens (tertiary/aromatic N) is 1. The summed E-state index contributed by atoms with van der Waals surface area (Å²) in [7, 11) is 0. The number of piperidine rings is 1. The lowest BCUT2D eigenvalue weighted by atomic mass is 10.0. The summed E-state index contributed by atoms with van der Waals surface area (Å²) >= 11 is 0. The molecule has 1 aliphatic heterocycles. The molecule has 0 spiro atoms. The Morgan fingerprint density at radius 3 is 2.67 bits per heavy atom. The second kappa shape index (κ2) is 8.48. The lowest BCUT2D eigenvalue weighted by Crippen LogP contribution is -2.44. The molecule has 1 aliphatic rings. The summed E-state index contributed by atoms with van der Waals surface area (Å²) in [5.74, 6) is 0.189. The van der Waals surface area contributed by atoms with Crippen LogP contribution in [-0.2, 0) is 4.79 Å². The summed E-state index contributed by atoms with van der Waals surface area (Å²) in [6.07, 6.45) is 4.26. The van der Waals surface area contributed by atoms with Gasteiger partial charge in [0.15, 0.2) is 0 Å². The van der Waals surface area contributed by atoms with Crippen molar-refractivity contribution in [1.29, 1.82) is 0 Å². The lowest BCUT2D eigenvalue weighted by Gasteiger charge is -2.26. The molecule has 0 saturated carbocycles. The van der Waals surface area contributed by atoms with E-state index in [0.29, 0.717) is 12.5 Å². The van der Waals surface area contributed by atoms with E-state index in [1.165, 1.54) is 12.8 Å². The average molecular weight is 255 g/mol. The molecule has 4 heteroatoms. The Kier molecular flexibility index (Phi) is 7.28. The van der Waals surface area contributed by atoms with Gasteiger partial charge in [0.05, 0.1) is 0 Å². The molecule has 0 aromatic carbocycles. The fourth-order valence-electron chi connectivity index (χ4n) is 2.57. The highest BCUT2D eigenvalue weighted by molar-refractivity contribution is 5.76. The number of hydrogen-bond donors (Lipinski definition) is 2. The first-order valence-electron chi connectivity index (χ1n) is 7.40. The second-order valence-corrected chi connectivity index (χ2v) is 5.31. The van der Waals surface area contributed by atoms with Crippen molar-refractivity contribution in [3.8, 4) is 0 Å². The van der Waals surface area contributed by atoms with Crippen LogP contribution in [0.1, 0.15) is 46.5 Å². The van der Waals surface area contributed by atoms with Gasteiger partial charge in [0.25, 0.3) is 0 Å². The molecule has 1 amide bonds. The quantitative estimate of drug-likeness (QED) is 0.722. The van der Waals surface area contributed by atoms with Crippen LogP contribution >= 0.6 is 0 Å². The van der Waals surface area contributed by atoms with Gasteiger partial charge in [-0.15, -0.1) is 0 Å². The predicted octanol–water partition coefficient (Wildman–Crippen LogP) is 1.37. The van der Waals surface area contributed by atoms with Crippen molar-refractivity contribution in [2.24, 2.45) is 0 Å². The smallest absolute Gasteiger partial charge is 0.221 e. The van der Waals surface area contributed by atoms with Crippen molar-refractivity contribution in [3.05, 3.63) is 0 Å². The van der Waals surface area contributed by atoms with E-state index in [2.05, 4.69) is 36.3 Å². The zero-order chi connectivity index (χ0) is 13.4. The largest absolute Gasteiger partial charge is 0.352 e. The van der Waals surface area contributed by atoms with Crippen LogP contribution in [0.4, 0.5) is 0 Å². The molecule has 0 aromatic rings. The molecule has 18 heavy (non-hydrogen) atoms. The van der Waals surface area contributed by atoms with Crippen molar-refractivity contribution in [2.75, 3.05) is 26.2 Å². The van der Waals surface area contributed by atoms with Crippen LogP contribution in [0.5, 0.6) is 0 Å². The number of rotatable bonds is 7. The van der Waals surface area contributed by atoms with Crippen molar-refractivity contribution in [2.45, 2.75) is 58.5 Å². The fraction of sp³-hybridized carbons (Fsp3) is 0.929. The van der Waals surface area contributed by atoms with E-state index in [4.69, 9.17) is 0 Å². The van der Waals surface area contributed by atoms with Crippen molar-refractivity contribution >= 4 is 5.91 Å². The van der Waals surface area contributed by atoms with Crippen molar-refractivity contribution in [3.63, 3.8) is 0 Å². The van der Waals surface area contributed by atoms with E-state index >= 15 is 0 Å². The van der Waals surface area contributed by atoms with Gasteiger partial charge in [-0.05, 0) is 39.4 Å². The monoisotopic (exact) mass is 255 g/mol. The van der Waals surface area contributed by atoms with Gasteiger partial charge in [-0.2, -0.15) is 0 Å². The summed E-state index contributed by atoms with van der Waals surface area (Å²) in [5.41, 5.74) is 0. The fourth-order valence-corrected chi connectivity index (χ4v) is 2.57. The first kappa shape index (κ1) is 15.4. The van der Waals surface area contributed by atoms with Gasteiger partial charge in [0.2, 0.25) is 5.91 Å². The van der Waals surface area contributed by atoms with E-state index in [0.717, 1.165) is 32.6 Å². The van der Waals surface area contributed by atoms with Crippen LogP contribution in [0.3, 0.4) is 0 Å². The van der Waals surface area contributed by atoms with Crippen molar-refractivity contribution < 1.29 is 4.79 Å². The first-order valence-corrected chi connectivity index (χ1v) is 7.40. The molecule has 2 N–H and O–H groups in total. The SMILES string of the molecule is CCN(CC)CC(C)NC(=O)CC1CCCCN1. The van der Waals surface area contributed by atoms with E-state index in [1.807, 2.05) is 0 Å². The molecular formula is C14H29N3O. The normalized spacial score (nSPS) is 21.9.